The maximum Gasteiger partial charge on any atom is 0.243 e. The minimum atomic E-state index is -3.38. The quantitative estimate of drug-likeness (QED) is 0.913. The van der Waals surface area contributed by atoms with Gasteiger partial charge in [-0.25, -0.2) is 8.42 Å². The van der Waals surface area contributed by atoms with Gasteiger partial charge in [0.2, 0.25) is 10.0 Å². The Morgan fingerprint density at radius 1 is 1.33 bits per heavy atom. The Kier molecular flexibility index (Phi) is 3.64. The van der Waals surface area contributed by atoms with Gasteiger partial charge in [-0.2, -0.15) is 4.31 Å². The number of hydrogen-bond donors (Lipinski definition) is 1. The second kappa shape index (κ2) is 4.90. The molecule has 0 amide bonds. The van der Waals surface area contributed by atoms with E-state index in [1.807, 2.05) is 19.9 Å². The molecule has 0 saturated carbocycles. The molecule has 0 unspecified atom stereocenters. The van der Waals surface area contributed by atoms with Crippen molar-refractivity contribution in [1.29, 1.82) is 0 Å². The second-order valence-electron chi connectivity index (χ2n) is 4.96. The summed E-state index contributed by atoms with van der Waals surface area (Å²) < 4.78 is 26.1. The third-order valence-corrected chi connectivity index (χ3v) is 5.45. The molecule has 1 aromatic carbocycles. The van der Waals surface area contributed by atoms with Crippen molar-refractivity contribution < 1.29 is 8.42 Å². The zero-order chi connectivity index (χ0) is 13.3. The molecule has 1 N–H and O–H groups in total. The Hall–Kier alpha value is -1.07. The van der Waals surface area contributed by atoms with Gasteiger partial charge < -0.3 is 5.32 Å². The van der Waals surface area contributed by atoms with Crippen molar-refractivity contribution >= 4 is 15.7 Å². The predicted octanol–water partition coefficient (Wildman–Crippen LogP) is 2.07. The molecule has 0 saturated heterocycles. The van der Waals surface area contributed by atoms with Crippen LogP contribution in [0.2, 0.25) is 0 Å². The highest BCUT2D eigenvalue weighted by atomic mass is 32.2. The summed E-state index contributed by atoms with van der Waals surface area (Å²) in [4.78, 5) is 0.367. The Morgan fingerprint density at radius 2 is 2.06 bits per heavy atom. The molecule has 0 aromatic heterocycles. The third kappa shape index (κ3) is 2.37. The summed E-state index contributed by atoms with van der Waals surface area (Å²) in [6.45, 7) is 4.65. The second-order valence-corrected chi connectivity index (χ2v) is 6.96. The number of rotatable bonds is 3. The summed E-state index contributed by atoms with van der Waals surface area (Å²) in [6, 6.07) is 5.34. The zero-order valence-electron chi connectivity index (χ0n) is 11.1. The molecule has 0 spiro atoms. The van der Waals surface area contributed by atoms with Crippen LogP contribution in [0.5, 0.6) is 0 Å². The van der Waals surface area contributed by atoms with E-state index in [0.29, 0.717) is 4.90 Å². The Bertz CT molecular complexity index is 538. The number of nitrogens with zero attached hydrogens (tertiary/aromatic N) is 1. The molecule has 1 aromatic rings. The van der Waals surface area contributed by atoms with E-state index in [2.05, 4.69) is 5.32 Å². The van der Waals surface area contributed by atoms with Crippen LogP contribution in [-0.4, -0.2) is 32.4 Å². The molecule has 0 aliphatic carbocycles. The fraction of sp³-hybridized carbons (Fsp3) is 0.538. The van der Waals surface area contributed by atoms with Crippen molar-refractivity contribution in [2.45, 2.75) is 37.6 Å². The maximum atomic E-state index is 12.4. The zero-order valence-corrected chi connectivity index (χ0v) is 11.9. The summed E-state index contributed by atoms with van der Waals surface area (Å²) in [5, 5.41) is 3.26. The predicted molar refractivity (Wildman–Crippen MR) is 73.3 cm³/mol. The molecule has 5 heteroatoms. The third-order valence-electron chi connectivity index (χ3n) is 3.42. The molecule has 2 rings (SSSR count). The van der Waals surface area contributed by atoms with Crippen molar-refractivity contribution in [3.8, 4) is 0 Å². The van der Waals surface area contributed by atoms with Crippen LogP contribution < -0.4 is 5.32 Å². The maximum absolute atomic E-state index is 12.4. The molecule has 4 nitrogen and oxygen atoms in total. The van der Waals surface area contributed by atoms with Crippen LogP contribution in [0.25, 0.3) is 0 Å². The van der Waals surface area contributed by atoms with Crippen LogP contribution >= 0.6 is 0 Å². The Labute approximate surface area is 109 Å². The molecule has 1 aliphatic rings. The SMILES string of the molecule is CC(C)N(C)S(=O)(=O)c1ccc2c(c1)NCCC2. The molecule has 0 bridgehead atoms. The van der Waals surface area contributed by atoms with Crippen molar-refractivity contribution in [2.24, 2.45) is 0 Å². The summed E-state index contributed by atoms with van der Waals surface area (Å²) in [5.41, 5.74) is 2.16. The van der Waals surface area contributed by atoms with E-state index in [1.54, 1.807) is 19.2 Å². The van der Waals surface area contributed by atoms with Crippen molar-refractivity contribution in [3.63, 3.8) is 0 Å². The number of aryl methyl sites for hydroxylation is 1. The first kappa shape index (κ1) is 13.4. The first-order valence-electron chi connectivity index (χ1n) is 6.28. The topological polar surface area (TPSA) is 49.4 Å². The standard InChI is InChI=1S/C13H20N2O2S/c1-10(2)15(3)18(16,17)12-7-6-11-5-4-8-14-13(11)9-12/h6-7,9-10,14H,4-5,8H2,1-3H3. The van der Waals surface area contributed by atoms with Gasteiger partial charge >= 0.3 is 0 Å². The molecule has 0 atom stereocenters. The summed E-state index contributed by atoms with van der Waals surface area (Å²) in [5.74, 6) is 0. The van der Waals surface area contributed by atoms with Gasteiger partial charge in [0.05, 0.1) is 4.90 Å². The van der Waals surface area contributed by atoms with Gasteiger partial charge in [-0.05, 0) is 44.4 Å². The molecular weight excluding hydrogens is 248 g/mol. The first-order chi connectivity index (χ1) is 8.43. The lowest BCUT2D eigenvalue weighted by Crippen LogP contribution is -2.33. The van der Waals surface area contributed by atoms with Crippen LogP contribution in [0.3, 0.4) is 0 Å². The van der Waals surface area contributed by atoms with E-state index in [4.69, 9.17) is 0 Å². The van der Waals surface area contributed by atoms with E-state index in [1.165, 1.54) is 9.87 Å². The Balaban J connectivity index is 2.40. The van der Waals surface area contributed by atoms with Gasteiger partial charge in [0.15, 0.2) is 0 Å². The fourth-order valence-electron chi connectivity index (χ4n) is 2.04. The summed E-state index contributed by atoms with van der Waals surface area (Å²) in [7, 11) is -1.76. The summed E-state index contributed by atoms with van der Waals surface area (Å²) >= 11 is 0. The van der Waals surface area contributed by atoms with Gasteiger partial charge in [-0.1, -0.05) is 6.07 Å². The summed E-state index contributed by atoms with van der Waals surface area (Å²) in [6.07, 6.45) is 2.12. The average Bonchev–Trinajstić information content (AvgIpc) is 2.37. The van der Waals surface area contributed by atoms with E-state index in [-0.39, 0.29) is 6.04 Å². The largest absolute Gasteiger partial charge is 0.385 e. The minimum Gasteiger partial charge on any atom is -0.385 e. The van der Waals surface area contributed by atoms with Crippen molar-refractivity contribution in [2.75, 3.05) is 18.9 Å². The van der Waals surface area contributed by atoms with Crippen LogP contribution in [0.15, 0.2) is 23.1 Å². The highest BCUT2D eigenvalue weighted by molar-refractivity contribution is 7.89. The number of hydrogen-bond acceptors (Lipinski definition) is 3. The fourth-order valence-corrected chi connectivity index (χ4v) is 3.44. The molecule has 18 heavy (non-hydrogen) atoms. The van der Waals surface area contributed by atoms with E-state index in [9.17, 15) is 8.42 Å². The van der Waals surface area contributed by atoms with Crippen LogP contribution in [0.4, 0.5) is 5.69 Å². The van der Waals surface area contributed by atoms with Crippen LogP contribution in [0.1, 0.15) is 25.8 Å². The number of sulfonamides is 1. The smallest absolute Gasteiger partial charge is 0.243 e. The lowest BCUT2D eigenvalue weighted by molar-refractivity contribution is 0.410. The number of fused-ring (bicyclic) bond motifs is 1. The van der Waals surface area contributed by atoms with Gasteiger partial charge in [0, 0.05) is 25.3 Å². The van der Waals surface area contributed by atoms with Crippen LogP contribution in [-0.2, 0) is 16.4 Å². The molecule has 0 fully saturated rings. The molecule has 100 valence electrons. The van der Waals surface area contributed by atoms with Gasteiger partial charge in [0.1, 0.15) is 0 Å². The number of benzene rings is 1. The molecule has 1 heterocycles. The molecular formula is C13H20N2O2S. The number of nitrogens with one attached hydrogen (secondary N) is 1. The van der Waals surface area contributed by atoms with Gasteiger partial charge in [-0.3, -0.25) is 0 Å². The minimum absolute atomic E-state index is 0.0426. The van der Waals surface area contributed by atoms with Crippen molar-refractivity contribution in [3.05, 3.63) is 23.8 Å². The first-order valence-corrected chi connectivity index (χ1v) is 7.72. The highest BCUT2D eigenvalue weighted by Gasteiger charge is 2.24. The normalized spacial score (nSPS) is 15.6. The highest BCUT2D eigenvalue weighted by Crippen LogP contribution is 2.26. The monoisotopic (exact) mass is 268 g/mol. The van der Waals surface area contributed by atoms with Gasteiger partial charge in [-0.15, -0.1) is 0 Å². The van der Waals surface area contributed by atoms with E-state index >= 15 is 0 Å². The van der Waals surface area contributed by atoms with Crippen molar-refractivity contribution in [1.82, 2.24) is 4.31 Å². The van der Waals surface area contributed by atoms with E-state index in [0.717, 1.165) is 25.1 Å². The van der Waals surface area contributed by atoms with Crippen LogP contribution in [0, 0.1) is 0 Å². The molecule has 0 radical (unpaired) electrons. The lowest BCUT2D eigenvalue weighted by Gasteiger charge is -2.23. The number of anilines is 1. The lowest BCUT2D eigenvalue weighted by atomic mass is 10.0. The Morgan fingerprint density at radius 3 is 2.72 bits per heavy atom. The average molecular weight is 268 g/mol. The van der Waals surface area contributed by atoms with Gasteiger partial charge in [0.25, 0.3) is 0 Å². The van der Waals surface area contributed by atoms with E-state index < -0.39 is 10.0 Å². The molecule has 1 aliphatic heterocycles.